The smallest absolute Gasteiger partial charge is 0.00919 e. The molecule has 2 unspecified atom stereocenters. The van der Waals surface area contributed by atoms with Crippen LogP contribution in [0.25, 0.3) is 0 Å². The van der Waals surface area contributed by atoms with E-state index < -0.39 is 0 Å². The van der Waals surface area contributed by atoms with Gasteiger partial charge in [-0.1, -0.05) is 35.9 Å². The van der Waals surface area contributed by atoms with Gasteiger partial charge in [0.2, 0.25) is 0 Å². The molecule has 0 saturated carbocycles. The van der Waals surface area contributed by atoms with Crippen molar-refractivity contribution in [1.29, 1.82) is 0 Å². The van der Waals surface area contributed by atoms with Crippen LogP contribution in [0.4, 0.5) is 0 Å². The summed E-state index contributed by atoms with van der Waals surface area (Å²) < 4.78 is 0. The number of allylic oxidation sites excluding steroid dienone is 2. The van der Waals surface area contributed by atoms with E-state index >= 15 is 0 Å². The molecule has 0 spiro atoms. The second-order valence-corrected chi connectivity index (χ2v) is 3.95. The molecule has 0 amide bonds. The van der Waals surface area contributed by atoms with E-state index in [-0.39, 0.29) is 0 Å². The van der Waals surface area contributed by atoms with Crippen LogP contribution in [0.5, 0.6) is 0 Å². The first-order valence-electron chi connectivity index (χ1n) is 4.62. The molecule has 12 heavy (non-hydrogen) atoms. The normalized spacial score (nSPS) is 30.2. The van der Waals surface area contributed by atoms with Gasteiger partial charge in [-0.05, 0) is 30.4 Å². The minimum Gasteiger partial charge on any atom is -0.0771 e. The second-order valence-electron chi connectivity index (χ2n) is 3.95. The molecule has 0 nitrogen and oxygen atoms in total. The number of hydrogen-bond acceptors (Lipinski definition) is 0. The Hall–Kier alpha value is -1.04. The molecule has 0 heteroatoms. The van der Waals surface area contributed by atoms with Crippen molar-refractivity contribution in [2.45, 2.75) is 19.3 Å². The van der Waals surface area contributed by atoms with Crippen LogP contribution in [0.3, 0.4) is 0 Å². The summed E-state index contributed by atoms with van der Waals surface area (Å²) in [7, 11) is 0. The molecule has 2 aliphatic carbocycles. The van der Waals surface area contributed by atoms with Crippen LogP contribution in [0.2, 0.25) is 0 Å². The Morgan fingerprint density at radius 3 is 2.92 bits per heavy atom. The zero-order valence-electron chi connectivity index (χ0n) is 7.25. The van der Waals surface area contributed by atoms with Gasteiger partial charge in [0, 0.05) is 5.92 Å². The van der Waals surface area contributed by atoms with E-state index in [0.717, 1.165) is 11.8 Å². The number of benzene rings is 1. The summed E-state index contributed by atoms with van der Waals surface area (Å²) in [6, 6.07) is 8.86. The van der Waals surface area contributed by atoms with Gasteiger partial charge >= 0.3 is 0 Å². The molecule has 3 rings (SSSR count). The highest BCUT2D eigenvalue weighted by molar-refractivity contribution is 5.47. The molecule has 60 valence electrons. The Morgan fingerprint density at radius 2 is 2.08 bits per heavy atom. The highest BCUT2D eigenvalue weighted by atomic mass is 14.4. The van der Waals surface area contributed by atoms with Gasteiger partial charge in [-0.15, -0.1) is 0 Å². The Balaban J connectivity index is 2.12. The van der Waals surface area contributed by atoms with Gasteiger partial charge in [0.05, 0.1) is 0 Å². The fraction of sp³-hybridized carbons (Fsp3) is 0.333. The minimum atomic E-state index is 0.765. The summed E-state index contributed by atoms with van der Waals surface area (Å²) >= 11 is 0. The average molecular weight is 156 g/mol. The first-order valence-corrected chi connectivity index (χ1v) is 4.62. The largest absolute Gasteiger partial charge is 0.0771 e. The van der Waals surface area contributed by atoms with Crippen LogP contribution < -0.4 is 0 Å². The summed E-state index contributed by atoms with van der Waals surface area (Å²) in [5.41, 5.74) is 4.74. The molecular weight excluding hydrogens is 144 g/mol. The van der Waals surface area contributed by atoms with Crippen molar-refractivity contribution in [1.82, 2.24) is 0 Å². The van der Waals surface area contributed by atoms with Crippen molar-refractivity contribution in [3.8, 4) is 0 Å². The molecule has 1 aromatic carbocycles. The van der Waals surface area contributed by atoms with Crippen molar-refractivity contribution >= 4 is 0 Å². The molecule has 0 saturated heterocycles. The molecule has 0 radical (unpaired) electrons. The molecule has 1 aromatic rings. The van der Waals surface area contributed by atoms with Crippen LogP contribution in [0, 0.1) is 5.92 Å². The summed E-state index contributed by atoms with van der Waals surface area (Å²) in [4.78, 5) is 0. The van der Waals surface area contributed by atoms with E-state index in [9.17, 15) is 0 Å². The predicted octanol–water partition coefficient (Wildman–Crippen LogP) is 2.90. The third-order valence-corrected chi connectivity index (χ3v) is 3.31. The van der Waals surface area contributed by atoms with E-state index in [1.54, 1.807) is 16.7 Å². The molecule has 2 aliphatic rings. The summed E-state index contributed by atoms with van der Waals surface area (Å²) in [5.74, 6) is 1.61. The zero-order valence-corrected chi connectivity index (χ0v) is 7.25. The first kappa shape index (κ1) is 6.47. The molecule has 0 fully saturated rings. The van der Waals surface area contributed by atoms with E-state index in [2.05, 4.69) is 37.3 Å². The quantitative estimate of drug-likeness (QED) is 0.507. The third-order valence-electron chi connectivity index (χ3n) is 3.31. The second kappa shape index (κ2) is 2.01. The Kier molecular flexibility index (Phi) is 1.08. The van der Waals surface area contributed by atoms with E-state index in [1.165, 1.54) is 6.42 Å². The van der Waals surface area contributed by atoms with Crippen LogP contribution in [-0.4, -0.2) is 0 Å². The van der Waals surface area contributed by atoms with Gasteiger partial charge in [-0.2, -0.15) is 0 Å². The fourth-order valence-corrected chi connectivity index (χ4v) is 2.56. The maximum atomic E-state index is 2.41. The number of fused-ring (bicyclic) bond motifs is 3. The van der Waals surface area contributed by atoms with Crippen molar-refractivity contribution in [2.24, 2.45) is 5.92 Å². The fourth-order valence-electron chi connectivity index (χ4n) is 2.56. The number of rotatable bonds is 0. The first-order chi connectivity index (χ1) is 5.86. The van der Waals surface area contributed by atoms with Crippen molar-refractivity contribution in [2.75, 3.05) is 0 Å². The monoisotopic (exact) mass is 156 g/mol. The third kappa shape index (κ3) is 0.632. The number of hydrogen-bond donors (Lipinski definition) is 0. The Morgan fingerprint density at radius 1 is 1.25 bits per heavy atom. The zero-order chi connectivity index (χ0) is 8.13. The SMILES string of the molecule is CC1=CC2c3ccccc3CC12. The molecule has 0 heterocycles. The summed E-state index contributed by atoms with van der Waals surface area (Å²) in [6.45, 7) is 2.26. The van der Waals surface area contributed by atoms with Gasteiger partial charge in [0.25, 0.3) is 0 Å². The van der Waals surface area contributed by atoms with Gasteiger partial charge in [-0.25, -0.2) is 0 Å². The van der Waals surface area contributed by atoms with Crippen molar-refractivity contribution in [3.05, 3.63) is 47.0 Å². The molecule has 0 bridgehead atoms. The van der Waals surface area contributed by atoms with Crippen LogP contribution in [0.1, 0.15) is 24.0 Å². The van der Waals surface area contributed by atoms with Gasteiger partial charge in [-0.3, -0.25) is 0 Å². The molecule has 2 atom stereocenters. The average Bonchev–Trinajstić information content (AvgIpc) is 2.39. The van der Waals surface area contributed by atoms with Crippen molar-refractivity contribution < 1.29 is 0 Å². The van der Waals surface area contributed by atoms with Gasteiger partial charge in [0.1, 0.15) is 0 Å². The minimum absolute atomic E-state index is 0.765. The van der Waals surface area contributed by atoms with Crippen LogP contribution in [-0.2, 0) is 6.42 Å². The lowest BCUT2D eigenvalue weighted by molar-refractivity contribution is 0.533. The topological polar surface area (TPSA) is 0 Å². The van der Waals surface area contributed by atoms with Gasteiger partial charge in [0.15, 0.2) is 0 Å². The standard InChI is InChI=1S/C12H12/c1-8-6-12-10-5-3-2-4-9(10)7-11(8)12/h2-6,11-12H,7H2,1H3. The lowest BCUT2D eigenvalue weighted by Gasteiger charge is -2.28. The Bertz CT molecular complexity index is 360. The summed E-state index contributed by atoms with van der Waals surface area (Å²) in [5, 5.41) is 0. The maximum absolute atomic E-state index is 2.41. The van der Waals surface area contributed by atoms with E-state index in [4.69, 9.17) is 0 Å². The lowest BCUT2D eigenvalue weighted by atomic mass is 9.76. The Labute approximate surface area is 72.9 Å². The summed E-state index contributed by atoms with van der Waals surface area (Å²) in [6.07, 6.45) is 3.69. The van der Waals surface area contributed by atoms with Gasteiger partial charge < -0.3 is 0 Å². The lowest BCUT2D eigenvalue weighted by Crippen LogP contribution is -2.16. The molecular formula is C12H12. The molecule has 0 N–H and O–H groups in total. The maximum Gasteiger partial charge on any atom is 0.00919 e. The van der Waals surface area contributed by atoms with E-state index in [0.29, 0.717) is 0 Å². The molecule has 0 aromatic heterocycles. The molecule has 0 aliphatic heterocycles. The highest BCUT2D eigenvalue weighted by Gasteiger charge is 2.37. The van der Waals surface area contributed by atoms with Crippen LogP contribution >= 0.6 is 0 Å². The predicted molar refractivity (Wildman–Crippen MR) is 50.1 cm³/mol. The van der Waals surface area contributed by atoms with Crippen LogP contribution in [0.15, 0.2) is 35.9 Å². The van der Waals surface area contributed by atoms with Crippen molar-refractivity contribution in [3.63, 3.8) is 0 Å². The van der Waals surface area contributed by atoms with E-state index in [1.807, 2.05) is 0 Å². The highest BCUT2D eigenvalue weighted by Crippen LogP contribution is 2.49.